The first-order valence-electron chi connectivity index (χ1n) is 16.1. The van der Waals surface area contributed by atoms with E-state index < -0.39 is 30.0 Å². The highest BCUT2D eigenvalue weighted by atomic mass is 16.6. The van der Waals surface area contributed by atoms with Crippen molar-refractivity contribution in [3.63, 3.8) is 0 Å². The van der Waals surface area contributed by atoms with Gasteiger partial charge in [-0.2, -0.15) is 0 Å². The smallest absolute Gasteiger partial charge is 0.154 e. The maximum absolute atomic E-state index is 12.5. The molecular formula is C34H60O5. The van der Waals surface area contributed by atoms with Crippen LogP contribution in [0.5, 0.6) is 0 Å². The Morgan fingerprint density at radius 1 is 1.05 bits per heavy atom. The fourth-order valence-electron chi connectivity index (χ4n) is 11.3. The predicted molar refractivity (Wildman–Crippen MR) is 157 cm³/mol. The minimum absolute atomic E-state index is 0.0138. The summed E-state index contributed by atoms with van der Waals surface area (Å²) in [6, 6.07) is 0. The minimum atomic E-state index is -0.743. The van der Waals surface area contributed by atoms with Crippen LogP contribution in [0.25, 0.3) is 0 Å². The maximum Gasteiger partial charge on any atom is 0.154 e. The molecule has 4 aliphatic rings. The van der Waals surface area contributed by atoms with Crippen LogP contribution in [0.4, 0.5) is 0 Å². The van der Waals surface area contributed by atoms with Gasteiger partial charge in [-0.1, -0.05) is 61.0 Å². The summed E-state index contributed by atoms with van der Waals surface area (Å²) in [5, 5.41) is 45.7. The molecule has 0 aromatic heterocycles. The molecule has 4 rings (SSSR count). The van der Waals surface area contributed by atoms with E-state index in [2.05, 4.69) is 62.3 Å². The molecule has 0 aromatic rings. The van der Waals surface area contributed by atoms with Gasteiger partial charge in [0.15, 0.2) is 6.29 Å². The molecule has 0 spiro atoms. The van der Waals surface area contributed by atoms with Gasteiger partial charge in [0.05, 0.1) is 18.3 Å². The summed E-state index contributed by atoms with van der Waals surface area (Å²) < 4.78 is 5.69. The molecule has 14 unspecified atom stereocenters. The molecule has 5 heteroatoms. The summed E-state index contributed by atoms with van der Waals surface area (Å²) in [7, 11) is 0. The van der Waals surface area contributed by atoms with Crippen molar-refractivity contribution in [1.29, 1.82) is 0 Å². The van der Waals surface area contributed by atoms with Crippen molar-refractivity contribution < 1.29 is 25.2 Å². The fourth-order valence-corrected chi connectivity index (χ4v) is 11.3. The van der Waals surface area contributed by atoms with E-state index in [-0.39, 0.29) is 28.6 Å². The average Bonchev–Trinajstić information content (AvgIpc) is 2.81. The van der Waals surface area contributed by atoms with E-state index in [1.807, 2.05) is 0 Å². The van der Waals surface area contributed by atoms with Crippen molar-refractivity contribution in [2.45, 2.75) is 132 Å². The lowest BCUT2D eigenvalue weighted by atomic mass is 9.35. The van der Waals surface area contributed by atoms with Crippen molar-refractivity contribution in [2.24, 2.45) is 63.6 Å². The maximum atomic E-state index is 12.5. The number of aliphatic hydroxyl groups is 4. The van der Waals surface area contributed by atoms with Crippen LogP contribution in [0.3, 0.4) is 0 Å². The van der Waals surface area contributed by atoms with Gasteiger partial charge in [-0.15, -0.1) is 0 Å². The van der Waals surface area contributed by atoms with Crippen LogP contribution in [0.1, 0.15) is 108 Å². The van der Waals surface area contributed by atoms with Crippen LogP contribution < -0.4 is 0 Å². The van der Waals surface area contributed by atoms with Gasteiger partial charge >= 0.3 is 0 Å². The topological polar surface area (TPSA) is 90.2 Å². The van der Waals surface area contributed by atoms with E-state index in [0.717, 1.165) is 43.3 Å². The van der Waals surface area contributed by atoms with Gasteiger partial charge in [-0.25, -0.2) is 0 Å². The zero-order valence-electron chi connectivity index (χ0n) is 26.6. The van der Waals surface area contributed by atoms with E-state index in [1.165, 1.54) is 0 Å². The number of allylic oxidation sites excluding steroid dienone is 1. The molecule has 0 heterocycles. The van der Waals surface area contributed by atoms with E-state index in [9.17, 15) is 20.4 Å². The normalized spacial score (nSPS) is 49.8. The largest absolute Gasteiger partial charge is 0.392 e. The third-order valence-corrected chi connectivity index (χ3v) is 13.2. The van der Waals surface area contributed by atoms with E-state index in [4.69, 9.17) is 4.74 Å². The van der Waals surface area contributed by atoms with Gasteiger partial charge in [0.2, 0.25) is 0 Å². The summed E-state index contributed by atoms with van der Waals surface area (Å²) in [5.41, 5.74) is 1.37. The monoisotopic (exact) mass is 548 g/mol. The minimum Gasteiger partial charge on any atom is -0.392 e. The van der Waals surface area contributed by atoms with Crippen LogP contribution >= 0.6 is 0 Å². The second-order valence-electron chi connectivity index (χ2n) is 15.7. The highest BCUT2D eigenvalue weighted by Gasteiger charge is 2.69. The molecule has 39 heavy (non-hydrogen) atoms. The Bertz CT molecular complexity index is 913. The molecule has 0 bridgehead atoms. The van der Waals surface area contributed by atoms with Crippen LogP contribution in [0.15, 0.2) is 11.1 Å². The summed E-state index contributed by atoms with van der Waals surface area (Å²) >= 11 is 0. The summed E-state index contributed by atoms with van der Waals surface area (Å²) in [6.07, 6.45) is 3.02. The Morgan fingerprint density at radius 3 is 2.26 bits per heavy atom. The van der Waals surface area contributed by atoms with Gasteiger partial charge in [-0.3, -0.25) is 0 Å². The molecule has 14 atom stereocenters. The molecular weight excluding hydrogens is 488 g/mol. The lowest BCUT2D eigenvalue weighted by Gasteiger charge is -2.71. The molecule has 0 radical (unpaired) electrons. The third-order valence-electron chi connectivity index (χ3n) is 13.2. The lowest BCUT2D eigenvalue weighted by Crippen LogP contribution is -2.68. The number of ether oxygens (including phenoxy) is 1. The first-order chi connectivity index (χ1) is 18.0. The molecule has 4 N–H and O–H groups in total. The Hall–Kier alpha value is -0.460. The van der Waals surface area contributed by atoms with Gasteiger partial charge < -0.3 is 25.2 Å². The molecule has 0 aliphatic heterocycles. The molecule has 3 fully saturated rings. The van der Waals surface area contributed by atoms with Crippen LogP contribution in [-0.2, 0) is 4.74 Å². The van der Waals surface area contributed by atoms with Gasteiger partial charge in [0.1, 0.15) is 0 Å². The van der Waals surface area contributed by atoms with E-state index in [0.29, 0.717) is 42.6 Å². The number of hydrogen-bond acceptors (Lipinski definition) is 5. The standard InChI is InChI=1S/C34H60O5/c1-11-12-39-26(36)14-23-13-24(18(2)3)25-16-32(8)17-33(9)15-19(4)27(22(7)35)31(38)34(33,10)21(6)29(32)30(37)28(25)20(23)5/h18,20-26,28-31,35-38H,11-17H2,1-10H3. The van der Waals surface area contributed by atoms with Crippen LogP contribution in [-0.4, -0.2) is 51.6 Å². The average molecular weight is 549 g/mol. The van der Waals surface area contributed by atoms with Crippen LogP contribution in [0, 0.1) is 63.6 Å². The zero-order valence-corrected chi connectivity index (χ0v) is 26.6. The highest BCUT2D eigenvalue weighted by molar-refractivity contribution is 5.33. The van der Waals surface area contributed by atoms with Crippen molar-refractivity contribution in [1.82, 2.24) is 0 Å². The molecule has 0 saturated heterocycles. The number of hydrogen-bond donors (Lipinski definition) is 4. The van der Waals surface area contributed by atoms with E-state index >= 15 is 0 Å². The van der Waals surface area contributed by atoms with Crippen molar-refractivity contribution in [2.75, 3.05) is 6.61 Å². The molecule has 4 aliphatic carbocycles. The lowest BCUT2D eigenvalue weighted by molar-refractivity contribution is -0.252. The highest BCUT2D eigenvalue weighted by Crippen LogP contribution is 2.72. The zero-order chi connectivity index (χ0) is 29.2. The summed E-state index contributed by atoms with van der Waals surface area (Å²) in [5.74, 6) is 2.45. The molecule has 3 saturated carbocycles. The Balaban J connectivity index is 1.73. The number of aliphatic hydroxyl groups excluding tert-OH is 4. The summed E-state index contributed by atoms with van der Waals surface area (Å²) in [4.78, 5) is 0. The Kier molecular flexibility index (Phi) is 8.87. The second kappa shape index (κ2) is 11.0. The quantitative estimate of drug-likeness (QED) is 0.225. The SMILES string of the molecule is CCCOC(O)CC1CC(C(C)C)C2CC3(C)CC4(C)CC(C)=C(C(C)O)C(O)C4(C)C(C)C3C(O)C2C1C. The first-order valence-corrected chi connectivity index (χ1v) is 16.1. The Labute approximate surface area is 238 Å². The van der Waals surface area contributed by atoms with Crippen molar-refractivity contribution in [3.05, 3.63) is 11.1 Å². The van der Waals surface area contributed by atoms with Crippen molar-refractivity contribution in [3.8, 4) is 0 Å². The molecule has 5 nitrogen and oxygen atoms in total. The first kappa shape index (κ1) is 31.5. The van der Waals surface area contributed by atoms with Gasteiger partial charge in [-0.05, 0) is 110 Å². The van der Waals surface area contributed by atoms with E-state index in [1.54, 1.807) is 6.92 Å². The Morgan fingerprint density at radius 2 is 1.69 bits per heavy atom. The van der Waals surface area contributed by atoms with Crippen molar-refractivity contribution >= 4 is 0 Å². The number of fused-ring (bicyclic) bond motifs is 3. The number of rotatable bonds is 7. The van der Waals surface area contributed by atoms with Gasteiger partial charge in [0.25, 0.3) is 0 Å². The third kappa shape index (κ3) is 4.88. The fraction of sp³-hybridized carbons (Fsp3) is 0.941. The molecule has 0 amide bonds. The molecule has 0 aromatic carbocycles. The van der Waals surface area contributed by atoms with Crippen LogP contribution in [0.2, 0.25) is 0 Å². The molecule has 226 valence electrons. The predicted octanol–water partition coefficient (Wildman–Crippen LogP) is 6.18. The summed E-state index contributed by atoms with van der Waals surface area (Å²) in [6.45, 7) is 22.8. The van der Waals surface area contributed by atoms with Gasteiger partial charge in [0, 0.05) is 18.4 Å². The second-order valence-corrected chi connectivity index (χ2v) is 15.7.